The number of nitrogens with zero attached hydrogens (tertiary/aromatic N) is 1. The van der Waals surface area contributed by atoms with Gasteiger partial charge in [0.15, 0.2) is 0 Å². The number of hydrogen-bond donors (Lipinski definition) is 0. The number of hydrogen-bond acceptors (Lipinski definition) is 7. The van der Waals surface area contributed by atoms with Gasteiger partial charge in [0, 0.05) is 13.0 Å². The Kier molecular flexibility index (Phi) is 46.2. The molecule has 0 saturated heterocycles. The van der Waals surface area contributed by atoms with Gasteiger partial charge in [0.1, 0.15) is 19.3 Å². The first kappa shape index (κ1) is 63.4. The van der Waals surface area contributed by atoms with Crippen molar-refractivity contribution in [1.29, 1.82) is 0 Å². The van der Waals surface area contributed by atoms with E-state index in [2.05, 4.69) is 160 Å². The second-order valence-electron chi connectivity index (χ2n) is 17.4. The van der Waals surface area contributed by atoms with Crippen molar-refractivity contribution in [3.63, 3.8) is 0 Å². The summed E-state index contributed by atoms with van der Waals surface area (Å²) in [4.78, 5) is 25.2. The lowest BCUT2D eigenvalue weighted by atomic mass is 10.1. The number of carbonyl (C=O) groups excluding carboxylic acids is 1. The molecule has 2 unspecified atom stereocenters. The lowest BCUT2D eigenvalue weighted by Crippen LogP contribution is -2.37. The van der Waals surface area contributed by atoms with Crippen LogP contribution < -0.4 is 4.89 Å². The van der Waals surface area contributed by atoms with E-state index in [1.807, 2.05) is 21.1 Å². The first-order valence-corrected chi connectivity index (χ1v) is 27.0. The Morgan fingerprint density at radius 3 is 1.22 bits per heavy atom. The summed E-state index contributed by atoms with van der Waals surface area (Å²) in [5, 5.41) is 0. The van der Waals surface area contributed by atoms with E-state index in [0.29, 0.717) is 17.6 Å². The maximum atomic E-state index is 12.8. The molecule has 0 aromatic heterocycles. The summed E-state index contributed by atoms with van der Waals surface area (Å²) in [5.74, 6) is -0.375. The third-order valence-electron chi connectivity index (χ3n) is 9.89. The molecule has 0 spiro atoms. The van der Waals surface area contributed by atoms with Crippen molar-refractivity contribution in [1.82, 2.24) is 0 Å². The van der Waals surface area contributed by atoms with Crippen LogP contribution in [-0.2, 0) is 27.9 Å². The van der Waals surface area contributed by atoms with Gasteiger partial charge in [0.05, 0.1) is 34.4 Å². The lowest BCUT2D eigenvalue weighted by Gasteiger charge is -2.28. The molecule has 2 atom stereocenters. The molecular weight excluding hydrogens is 854 g/mol. The minimum absolute atomic E-state index is 0.00232. The van der Waals surface area contributed by atoms with Crippen LogP contribution in [0.4, 0.5) is 0 Å². The summed E-state index contributed by atoms with van der Waals surface area (Å²) < 4.78 is 34.6. The molecule has 0 radical (unpaired) electrons. The Balaban J connectivity index is 4.33. The standard InChI is InChI=1S/C58H94NO7P/c1-6-8-10-12-14-16-18-20-22-24-26-28-29-30-31-32-33-35-37-39-41-43-45-47-49-51-58(60)66-57(56-65-67(61,62)64-54-52-59(3,4)5)55-63-53-50-48-46-44-42-40-38-36-34-27-25-23-21-19-17-15-13-11-9-7-2/h8-11,14-17,20-23,26-28,30-31,33-35,38,40,44,46,57H,6-7,12-13,18-19,24-25,29,32,36-37,39,41-43,45,47-56H2,1-5H3/b10-8-,11-9-,16-14-,17-15-,22-20-,23-21-,28-26-,31-30-,34-27-,35-33-,40-38-,46-44-. The van der Waals surface area contributed by atoms with Gasteiger partial charge in [-0.3, -0.25) is 9.36 Å². The number of phosphoric ester groups is 1. The first-order valence-electron chi connectivity index (χ1n) is 25.6. The predicted octanol–water partition coefficient (Wildman–Crippen LogP) is 15.4. The summed E-state index contributed by atoms with van der Waals surface area (Å²) >= 11 is 0. The van der Waals surface area contributed by atoms with Gasteiger partial charge < -0.3 is 27.9 Å². The Morgan fingerprint density at radius 2 is 0.821 bits per heavy atom. The first-order chi connectivity index (χ1) is 32.6. The molecule has 0 fully saturated rings. The molecule has 0 aliphatic heterocycles. The van der Waals surface area contributed by atoms with Gasteiger partial charge in [0.25, 0.3) is 7.82 Å². The molecule has 0 aromatic carbocycles. The maximum absolute atomic E-state index is 12.8. The van der Waals surface area contributed by atoms with E-state index in [0.717, 1.165) is 128 Å². The fourth-order valence-corrected chi connectivity index (χ4v) is 6.76. The van der Waals surface area contributed by atoms with Crippen LogP contribution in [0.2, 0.25) is 0 Å². The van der Waals surface area contributed by atoms with Crippen molar-refractivity contribution < 1.29 is 37.3 Å². The second kappa shape index (κ2) is 48.8. The molecule has 0 aliphatic carbocycles. The smallest absolute Gasteiger partial charge is 0.306 e. The number of likely N-dealkylation sites (N-methyl/N-ethyl adjacent to an activating group) is 1. The number of allylic oxidation sites excluding steroid dienone is 24. The summed E-state index contributed by atoms with van der Waals surface area (Å²) in [6.45, 7) is 4.96. The zero-order valence-electron chi connectivity index (χ0n) is 42.8. The van der Waals surface area contributed by atoms with Crippen molar-refractivity contribution in [3.05, 3.63) is 146 Å². The predicted molar refractivity (Wildman–Crippen MR) is 286 cm³/mol. The van der Waals surface area contributed by atoms with E-state index in [4.69, 9.17) is 18.5 Å². The number of esters is 1. The van der Waals surface area contributed by atoms with Crippen molar-refractivity contribution in [2.24, 2.45) is 0 Å². The van der Waals surface area contributed by atoms with Crippen LogP contribution in [0.5, 0.6) is 0 Å². The zero-order valence-corrected chi connectivity index (χ0v) is 43.7. The fourth-order valence-electron chi connectivity index (χ4n) is 6.04. The lowest BCUT2D eigenvalue weighted by molar-refractivity contribution is -0.870. The number of carbonyl (C=O) groups is 1. The molecular formula is C58H94NO7P. The van der Waals surface area contributed by atoms with E-state index >= 15 is 0 Å². The Labute approximate surface area is 410 Å². The molecule has 0 rings (SSSR count). The Bertz CT molecular complexity index is 1570. The molecule has 0 bridgehead atoms. The molecule has 0 N–H and O–H groups in total. The molecule has 8 nitrogen and oxygen atoms in total. The minimum atomic E-state index is -4.56. The molecule has 0 amide bonds. The number of unbranched alkanes of at least 4 members (excludes halogenated alkanes) is 7. The summed E-state index contributed by atoms with van der Waals surface area (Å²) in [5.41, 5.74) is 0. The van der Waals surface area contributed by atoms with E-state index in [1.54, 1.807) is 0 Å². The summed E-state index contributed by atoms with van der Waals surface area (Å²) in [7, 11) is 1.28. The summed E-state index contributed by atoms with van der Waals surface area (Å²) in [6, 6.07) is 0. The highest BCUT2D eigenvalue weighted by atomic mass is 31.2. The number of rotatable bonds is 45. The van der Waals surface area contributed by atoms with Crippen LogP contribution in [0.1, 0.15) is 155 Å². The molecule has 0 aromatic rings. The molecule has 0 aliphatic rings. The van der Waals surface area contributed by atoms with Crippen LogP contribution in [0.15, 0.2) is 146 Å². The van der Waals surface area contributed by atoms with Gasteiger partial charge >= 0.3 is 5.97 Å². The highest BCUT2D eigenvalue weighted by Crippen LogP contribution is 2.38. The monoisotopic (exact) mass is 948 g/mol. The number of phosphoric acid groups is 1. The highest BCUT2D eigenvalue weighted by Gasteiger charge is 2.20. The van der Waals surface area contributed by atoms with Gasteiger partial charge in [-0.25, -0.2) is 0 Å². The van der Waals surface area contributed by atoms with Crippen molar-refractivity contribution in [2.45, 2.75) is 161 Å². The molecule has 9 heteroatoms. The summed E-state index contributed by atoms with van der Waals surface area (Å²) in [6.07, 6.45) is 73.1. The van der Waals surface area contributed by atoms with Gasteiger partial charge in [-0.2, -0.15) is 0 Å². The van der Waals surface area contributed by atoms with Crippen molar-refractivity contribution in [3.8, 4) is 0 Å². The third kappa shape index (κ3) is 53.2. The normalized spacial score (nSPS) is 14.8. The molecule has 0 saturated carbocycles. The molecule has 67 heavy (non-hydrogen) atoms. The average Bonchev–Trinajstić information content (AvgIpc) is 3.29. The molecule has 0 heterocycles. The topological polar surface area (TPSA) is 94.1 Å². The third-order valence-corrected chi connectivity index (χ3v) is 10.9. The van der Waals surface area contributed by atoms with Crippen LogP contribution in [-0.4, -0.2) is 70.7 Å². The Hall–Kier alpha value is -3.62. The second-order valence-corrected chi connectivity index (χ2v) is 18.8. The van der Waals surface area contributed by atoms with E-state index < -0.39 is 13.9 Å². The number of ether oxygens (including phenoxy) is 2. The maximum Gasteiger partial charge on any atom is 0.306 e. The largest absolute Gasteiger partial charge is 0.756 e. The Morgan fingerprint density at radius 1 is 0.463 bits per heavy atom. The molecule has 378 valence electrons. The average molecular weight is 948 g/mol. The quantitative estimate of drug-likeness (QED) is 0.0197. The van der Waals surface area contributed by atoms with E-state index in [-0.39, 0.29) is 32.2 Å². The van der Waals surface area contributed by atoms with Gasteiger partial charge in [0.2, 0.25) is 0 Å². The highest BCUT2D eigenvalue weighted by molar-refractivity contribution is 7.45. The van der Waals surface area contributed by atoms with Crippen molar-refractivity contribution >= 4 is 13.8 Å². The van der Waals surface area contributed by atoms with E-state index in [1.165, 1.54) is 6.42 Å². The SMILES string of the molecule is CC/C=C\C/C=C\C/C=C\C/C=C\C/C=C\C/C=C\CCCCCCCCC(=O)OC(COCCC/C=C\C/C=C\C/C=C\C/C=C\C/C=C\C/C=C\CC)COP(=O)([O-])OCC[N+](C)(C)C. The van der Waals surface area contributed by atoms with Crippen LogP contribution >= 0.6 is 7.82 Å². The van der Waals surface area contributed by atoms with Gasteiger partial charge in [-0.05, 0) is 109 Å². The number of quaternary nitrogens is 1. The minimum Gasteiger partial charge on any atom is -0.756 e. The zero-order chi connectivity index (χ0) is 49.0. The van der Waals surface area contributed by atoms with Crippen molar-refractivity contribution in [2.75, 3.05) is 54.1 Å². The van der Waals surface area contributed by atoms with Crippen LogP contribution in [0.3, 0.4) is 0 Å². The fraction of sp³-hybridized carbons (Fsp3) is 0.569. The van der Waals surface area contributed by atoms with Crippen LogP contribution in [0, 0.1) is 0 Å². The van der Waals surface area contributed by atoms with E-state index in [9.17, 15) is 14.3 Å². The van der Waals surface area contributed by atoms with Crippen LogP contribution in [0.25, 0.3) is 0 Å². The van der Waals surface area contributed by atoms with Gasteiger partial charge in [-0.15, -0.1) is 0 Å². The van der Waals surface area contributed by atoms with Gasteiger partial charge in [-0.1, -0.05) is 185 Å².